The molecular formula is C24H25NO7S. The maximum atomic E-state index is 12.5. The van der Waals surface area contributed by atoms with Crippen molar-refractivity contribution in [3.8, 4) is 0 Å². The van der Waals surface area contributed by atoms with E-state index >= 15 is 0 Å². The molecular weight excluding hydrogens is 446 g/mol. The first-order valence-electron chi connectivity index (χ1n) is 10.8. The van der Waals surface area contributed by atoms with Gasteiger partial charge in [0.25, 0.3) is 0 Å². The van der Waals surface area contributed by atoms with Gasteiger partial charge in [0, 0.05) is 30.2 Å². The third kappa shape index (κ3) is 5.50. The van der Waals surface area contributed by atoms with Gasteiger partial charge in [0.05, 0.1) is 16.6 Å². The molecule has 1 aliphatic heterocycles. The molecule has 1 saturated heterocycles. The zero-order valence-corrected chi connectivity index (χ0v) is 19.0. The maximum absolute atomic E-state index is 12.5. The number of ether oxygens (including phenoxy) is 2. The van der Waals surface area contributed by atoms with Gasteiger partial charge >= 0.3 is 11.6 Å². The molecule has 0 saturated carbocycles. The minimum Gasteiger partial charge on any atom is -0.457 e. The first-order chi connectivity index (χ1) is 15.9. The van der Waals surface area contributed by atoms with E-state index in [0.29, 0.717) is 23.1 Å². The summed E-state index contributed by atoms with van der Waals surface area (Å²) in [5.41, 5.74) is 1.69. The van der Waals surface area contributed by atoms with Crippen LogP contribution in [0.2, 0.25) is 0 Å². The van der Waals surface area contributed by atoms with Crippen molar-refractivity contribution in [2.24, 2.45) is 0 Å². The Balaban J connectivity index is 1.42. The number of sulfonamides is 1. The fraction of sp³-hybridized carbons (Fsp3) is 0.333. The summed E-state index contributed by atoms with van der Waals surface area (Å²) in [6.45, 7) is 2.74. The van der Waals surface area contributed by atoms with E-state index in [0.717, 1.165) is 24.8 Å². The molecule has 174 valence electrons. The van der Waals surface area contributed by atoms with E-state index in [1.165, 1.54) is 30.3 Å². The van der Waals surface area contributed by atoms with Crippen LogP contribution in [0.1, 0.15) is 41.3 Å². The van der Waals surface area contributed by atoms with Crippen molar-refractivity contribution in [3.05, 3.63) is 75.6 Å². The summed E-state index contributed by atoms with van der Waals surface area (Å²) in [7, 11) is -3.71. The van der Waals surface area contributed by atoms with Gasteiger partial charge in [-0.25, -0.2) is 22.7 Å². The second-order valence-corrected chi connectivity index (χ2v) is 9.63. The van der Waals surface area contributed by atoms with Crippen LogP contribution in [0.5, 0.6) is 0 Å². The number of benzene rings is 2. The SMILES string of the molecule is CCc1ccc2c(COC(=O)c3ccc(S(=O)(=O)NCC4CCCO4)cc3)cc(=O)oc2c1. The van der Waals surface area contributed by atoms with Gasteiger partial charge in [0.1, 0.15) is 12.2 Å². The third-order valence-electron chi connectivity index (χ3n) is 5.59. The summed E-state index contributed by atoms with van der Waals surface area (Å²) in [4.78, 5) is 24.5. The van der Waals surface area contributed by atoms with Crippen molar-refractivity contribution in [1.82, 2.24) is 4.72 Å². The van der Waals surface area contributed by atoms with Crippen LogP contribution < -0.4 is 10.3 Å². The van der Waals surface area contributed by atoms with Crippen LogP contribution in [0, 0.1) is 0 Å². The van der Waals surface area contributed by atoms with Gasteiger partial charge in [0.2, 0.25) is 10.0 Å². The van der Waals surface area contributed by atoms with Crippen LogP contribution in [0.15, 0.2) is 62.6 Å². The molecule has 1 N–H and O–H groups in total. The third-order valence-corrected chi connectivity index (χ3v) is 7.03. The molecule has 4 rings (SSSR count). The molecule has 0 bridgehead atoms. The lowest BCUT2D eigenvalue weighted by Crippen LogP contribution is -2.31. The van der Waals surface area contributed by atoms with Crippen molar-refractivity contribution in [2.75, 3.05) is 13.2 Å². The van der Waals surface area contributed by atoms with Crippen LogP contribution in [0.4, 0.5) is 0 Å². The number of hydrogen-bond acceptors (Lipinski definition) is 7. The number of nitrogens with one attached hydrogen (secondary N) is 1. The van der Waals surface area contributed by atoms with Crippen LogP contribution in [-0.2, 0) is 32.5 Å². The van der Waals surface area contributed by atoms with Crippen molar-refractivity contribution in [1.29, 1.82) is 0 Å². The lowest BCUT2D eigenvalue weighted by Gasteiger charge is -2.12. The molecule has 2 heterocycles. The van der Waals surface area contributed by atoms with E-state index in [9.17, 15) is 18.0 Å². The molecule has 1 aliphatic rings. The molecule has 1 unspecified atom stereocenters. The Labute approximate surface area is 191 Å². The highest BCUT2D eigenvalue weighted by Gasteiger charge is 2.21. The quantitative estimate of drug-likeness (QED) is 0.397. The summed E-state index contributed by atoms with van der Waals surface area (Å²) in [5, 5.41) is 0.693. The Kier molecular flexibility index (Phi) is 6.92. The molecule has 1 atom stereocenters. The number of fused-ring (bicyclic) bond motifs is 1. The minimum atomic E-state index is -3.71. The van der Waals surface area contributed by atoms with E-state index in [1.54, 1.807) is 6.07 Å². The van der Waals surface area contributed by atoms with Crippen LogP contribution in [0.3, 0.4) is 0 Å². The van der Waals surface area contributed by atoms with Crippen LogP contribution in [0.25, 0.3) is 11.0 Å². The van der Waals surface area contributed by atoms with Crippen molar-refractivity contribution in [3.63, 3.8) is 0 Å². The monoisotopic (exact) mass is 471 g/mol. The molecule has 2 aromatic carbocycles. The maximum Gasteiger partial charge on any atom is 0.338 e. The van der Waals surface area contributed by atoms with E-state index in [4.69, 9.17) is 13.9 Å². The van der Waals surface area contributed by atoms with Gasteiger partial charge in [-0.05, 0) is 55.2 Å². The number of carbonyl (C=O) groups excluding carboxylic acids is 1. The summed E-state index contributed by atoms with van der Waals surface area (Å²) >= 11 is 0. The fourth-order valence-electron chi connectivity index (χ4n) is 3.70. The van der Waals surface area contributed by atoms with Crippen molar-refractivity contribution < 1.29 is 27.1 Å². The van der Waals surface area contributed by atoms with Crippen LogP contribution in [-0.4, -0.2) is 33.6 Å². The topological polar surface area (TPSA) is 112 Å². The first-order valence-corrected chi connectivity index (χ1v) is 12.3. The van der Waals surface area contributed by atoms with Gasteiger partial charge in [-0.3, -0.25) is 0 Å². The minimum absolute atomic E-state index is 0.0513. The normalized spacial score (nSPS) is 16.2. The van der Waals surface area contributed by atoms with Crippen LogP contribution >= 0.6 is 0 Å². The van der Waals surface area contributed by atoms with E-state index in [-0.39, 0.29) is 29.7 Å². The van der Waals surface area contributed by atoms with Gasteiger partial charge < -0.3 is 13.9 Å². The molecule has 0 aliphatic carbocycles. The molecule has 3 aromatic rings. The Morgan fingerprint density at radius 1 is 1.15 bits per heavy atom. The summed E-state index contributed by atoms with van der Waals surface area (Å²) in [5.74, 6) is -0.627. The number of hydrogen-bond donors (Lipinski definition) is 1. The van der Waals surface area contributed by atoms with Crippen molar-refractivity contribution >= 4 is 27.0 Å². The Morgan fingerprint density at radius 2 is 1.94 bits per heavy atom. The zero-order valence-electron chi connectivity index (χ0n) is 18.2. The first kappa shape index (κ1) is 23.2. The summed E-state index contributed by atoms with van der Waals surface area (Å²) in [6.07, 6.45) is 2.44. The average Bonchev–Trinajstić information content (AvgIpc) is 3.34. The van der Waals surface area contributed by atoms with Gasteiger partial charge in [-0.15, -0.1) is 0 Å². The second-order valence-electron chi connectivity index (χ2n) is 7.86. The lowest BCUT2D eigenvalue weighted by molar-refractivity contribution is 0.0473. The molecule has 0 radical (unpaired) electrons. The van der Waals surface area contributed by atoms with Gasteiger partial charge in [-0.1, -0.05) is 19.1 Å². The summed E-state index contributed by atoms with van der Waals surface area (Å²) in [6, 6.07) is 12.4. The molecule has 33 heavy (non-hydrogen) atoms. The predicted octanol–water partition coefficient (Wildman–Crippen LogP) is 3.17. The lowest BCUT2D eigenvalue weighted by atomic mass is 10.1. The number of rotatable bonds is 8. The Bertz CT molecular complexity index is 1310. The molecule has 9 heteroatoms. The molecule has 8 nitrogen and oxygen atoms in total. The Morgan fingerprint density at radius 3 is 2.64 bits per heavy atom. The molecule has 0 spiro atoms. The zero-order chi connectivity index (χ0) is 23.4. The average molecular weight is 472 g/mol. The highest BCUT2D eigenvalue weighted by Crippen LogP contribution is 2.21. The summed E-state index contributed by atoms with van der Waals surface area (Å²) < 4.78 is 43.5. The van der Waals surface area contributed by atoms with Gasteiger partial charge in [0.15, 0.2) is 0 Å². The van der Waals surface area contributed by atoms with E-state index in [2.05, 4.69) is 4.72 Å². The largest absolute Gasteiger partial charge is 0.457 e. The van der Waals surface area contributed by atoms with E-state index < -0.39 is 21.6 Å². The number of carbonyl (C=O) groups is 1. The van der Waals surface area contributed by atoms with Crippen molar-refractivity contribution in [2.45, 2.75) is 43.8 Å². The smallest absolute Gasteiger partial charge is 0.338 e. The molecule has 1 fully saturated rings. The second kappa shape index (κ2) is 9.86. The number of esters is 1. The number of aryl methyl sites for hydroxylation is 1. The molecule has 0 amide bonds. The van der Waals surface area contributed by atoms with E-state index in [1.807, 2.05) is 19.1 Å². The molecule has 1 aromatic heterocycles. The fourth-order valence-corrected chi connectivity index (χ4v) is 4.77. The predicted molar refractivity (Wildman–Crippen MR) is 122 cm³/mol. The standard InChI is InChI=1S/C24H25NO7S/c1-2-16-5-10-21-18(13-23(26)32-22(21)12-16)15-31-24(27)17-6-8-20(9-7-17)33(28,29)25-14-19-4-3-11-30-19/h5-10,12-13,19,25H,2-4,11,14-15H2,1H3. The highest BCUT2D eigenvalue weighted by atomic mass is 32.2. The van der Waals surface area contributed by atoms with Gasteiger partial charge in [-0.2, -0.15) is 0 Å². The Hall–Kier alpha value is -3.01. The highest BCUT2D eigenvalue weighted by molar-refractivity contribution is 7.89.